The van der Waals surface area contributed by atoms with E-state index in [4.69, 9.17) is 5.73 Å². The Balaban J connectivity index is 2.67. The summed E-state index contributed by atoms with van der Waals surface area (Å²) in [4.78, 5) is 0. The van der Waals surface area contributed by atoms with Crippen molar-refractivity contribution in [1.29, 1.82) is 0 Å². The predicted molar refractivity (Wildman–Crippen MR) is 77.3 cm³/mol. The largest absolute Gasteiger partial charge is 0.397 e. The van der Waals surface area contributed by atoms with Gasteiger partial charge >= 0.3 is 0 Å². The van der Waals surface area contributed by atoms with Gasteiger partial charge in [0.1, 0.15) is 0 Å². The number of nitrogens with two attached hydrogens (primary N) is 1. The highest BCUT2D eigenvalue weighted by atomic mass is 14.9. The second-order valence-corrected chi connectivity index (χ2v) is 6.15. The number of hydrogen-bond acceptors (Lipinski definition) is 2. The van der Waals surface area contributed by atoms with Crippen molar-refractivity contribution < 1.29 is 0 Å². The second-order valence-electron chi connectivity index (χ2n) is 6.15. The molecule has 96 valence electrons. The Morgan fingerprint density at radius 3 is 2.47 bits per heavy atom. The Bertz CT molecular complexity index is 347. The summed E-state index contributed by atoms with van der Waals surface area (Å²) >= 11 is 0. The molecule has 1 aromatic rings. The zero-order chi connectivity index (χ0) is 13.1. The molecular weight excluding hydrogens is 208 g/mol. The Labute approximate surface area is 106 Å². The van der Waals surface area contributed by atoms with Crippen LogP contribution in [0.15, 0.2) is 18.2 Å². The average molecular weight is 234 g/mol. The zero-order valence-corrected chi connectivity index (χ0v) is 11.8. The molecule has 3 N–H and O–H groups in total. The minimum Gasteiger partial charge on any atom is -0.397 e. The summed E-state index contributed by atoms with van der Waals surface area (Å²) in [6.45, 7) is 12.2. The third-order valence-electron chi connectivity index (χ3n) is 3.01. The van der Waals surface area contributed by atoms with Crippen molar-refractivity contribution in [3.63, 3.8) is 0 Å². The molecule has 0 aliphatic heterocycles. The van der Waals surface area contributed by atoms with Gasteiger partial charge in [-0.15, -0.1) is 0 Å². The summed E-state index contributed by atoms with van der Waals surface area (Å²) < 4.78 is 0. The van der Waals surface area contributed by atoms with E-state index in [0.29, 0.717) is 5.41 Å². The van der Waals surface area contributed by atoms with Crippen LogP contribution in [0.1, 0.15) is 39.7 Å². The van der Waals surface area contributed by atoms with Crippen LogP contribution in [0.25, 0.3) is 0 Å². The van der Waals surface area contributed by atoms with Crippen molar-refractivity contribution in [2.45, 2.75) is 41.0 Å². The fourth-order valence-corrected chi connectivity index (χ4v) is 2.44. The molecule has 0 heterocycles. The summed E-state index contributed by atoms with van der Waals surface area (Å²) in [5, 5.41) is 3.50. The minimum atomic E-state index is 0.295. The van der Waals surface area contributed by atoms with E-state index in [1.165, 1.54) is 12.0 Å². The smallest absolute Gasteiger partial charge is 0.0603 e. The maximum absolute atomic E-state index is 5.99. The summed E-state index contributed by atoms with van der Waals surface area (Å²) in [7, 11) is 0. The lowest BCUT2D eigenvalue weighted by atomic mass is 9.84. The summed E-state index contributed by atoms with van der Waals surface area (Å²) in [6.07, 6.45) is 1.21. The minimum absolute atomic E-state index is 0.295. The lowest BCUT2D eigenvalue weighted by Gasteiger charge is -2.28. The fraction of sp³-hybridized carbons (Fsp3) is 0.600. The van der Waals surface area contributed by atoms with Crippen LogP contribution in [-0.4, -0.2) is 6.54 Å². The maximum atomic E-state index is 5.99. The van der Waals surface area contributed by atoms with Crippen LogP contribution in [0.5, 0.6) is 0 Å². The van der Waals surface area contributed by atoms with Crippen LogP contribution in [0.3, 0.4) is 0 Å². The maximum Gasteiger partial charge on any atom is 0.0603 e. The third kappa shape index (κ3) is 4.29. The number of aryl methyl sites for hydroxylation is 1. The van der Waals surface area contributed by atoms with E-state index in [1.807, 2.05) is 12.1 Å². The molecule has 0 atom stereocenters. The van der Waals surface area contributed by atoms with E-state index in [9.17, 15) is 0 Å². The van der Waals surface area contributed by atoms with Gasteiger partial charge in [-0.05, 0) is 36.3 Å². The number of benzene rings is 1. The van der Waals surface area contributed by atoms with Crippen molar-refractivity contribution in [3.05, 3.63) is 23.8 Å². The van der Waals surface area contributed by atoms with Crippen LogP contribution in [-0.2, 0) is 0 Å². The van der Waals surface area contributed by atoms with Crippen LogP contribution < -0.4 is 11.1 Å². The fourth-order valence-electron chi connectivity index (χ4n) is 2.44. The molecule has 1 rings (SSSR count). The van der Waals surface area contributed by atoms with Crippen LogP contribution in [0.2, 0.25) is 0 Å². The number of nitrogens with one attached hydrogen (secondary N) is 1. The zero-order valence-electron chi connectivity index (χ0n) is 11.8. The Hall–Kier alpha value is -1.18. The molecule has 0 aliphatic carbocycles. The SMILES string of the molecule is Cc1cccc(N)c1NCC(C)(C)CC(C)C. The summed E-state index contributed by atoms with van der Waals surface area (Å²) in [5.41, 5.74) is 9.42. The Morgan fingerprint density at radius 2 is 1.94 bits per heavy atom. The van der Waals surface area contributed by atoms with Gasteiger partial charge < -0.3 is 11.1 Å². The molecule has 0 fully saturated rings. The first-order valence-corrected chi connectivity index (χ1v) is 6.41. The second kappa shape index (κ2) is 5.44. The molecule has 2 nitrogen and oxygen atoms in total. The first-order valence-electron chi connectivity index (χ1n) is 6.41. The van der Waals surface area contributed by atoms with Gasteiger partial charge in [0.25, 0.3) is 0 Å². The van der Waals surface area contributed by atoms with Gasteiger partial charge in [0.05, 0.1) is 11.4 Å². The van der Waals surface area contributed by atoms with Gasteiger partial charge in [0.2, 0.25) is 0 Å². The van der Waals surface area contributed by atoms with E-state index in [1.54, 1.807) is 0 Å². The van der Waals surface area contributed by atoms with Crippen molar-refractivity contribution >= 4 is 11.4 Å². The summed E-state index contributed by atoms with van der Waals surface area (Å²) in [5.74, 6) is 0.723. The van der Waals surface area contributed by atoms with E-state index in [2.05, 4.69) is 46.0 Å². The molecule has 0 unspecified atom stereocenters. The van der Waals surface area contributed by atoms with Gasteiger partial charge in [0, 0.05) is 6.54 Å². The van der Waals surface area contributed by atoms with E-state index < -0.39 is 0 Å². The average Bonchev–Trinajstić information content (AvgIpc) is 2.14. The highest BCUT2D eigenvalue weighted by Gasteiger charge is 2.19. The highest BCUT2D eigenvalue weighted by molar-refractivity contribution is 5.69. The molecule has 0 aliphatic rings. The van der Waals surface area contributed by atoms with Gasteiger partial charge in [-0.3, -0.25) is 0 Å². The van der Waals surface area contributed by atoms with Crippen LogP contribution >= 0.6 is 0 Å². The molecule has 0 spiro atoms. The highest BCUT2D eigenvalue weighted by Crippen LogP contribution is 2.28. The van der Waals surface area contributed by atoms with Crippen LogP contribution in [0.4, 0.5) is 11.4 Å². The lowest BCUT2D eigenvalue weighted by Crippen LogP contribution is -2.25. The van der Waals surface area contributed by atoms with Crippen molar-refractivity contribution in [2.75, 3.05) is 17.6 Å². The Morgan fingerprint density at radius 1 is 1.29 bits per heavy atom. The Kier molecular flexibility index (Phi) is 4.44. The molecule has 17 heavy (non-hydrogen) atoms. The molecule has 0 saturated carbocycles. The molecule has 0 amide bonds. The van der Waals surface area contributed by atoms with Gasteiger partial charge in [-0.2, -0.15) is 0 Å². The topological polar surface area (TPSA) is 38.0 Å². The van der Waals surface area contributed by atoms with Gasteiger partial charge in [0.15, 0.2) is 0 Å². The van der Waals surface area contributed by atoms with Crippen LogP contribution in [0, 0.1) is 18.3 Å². The predicted octanol–water partition coefficient (Wildman–Crippen LogP) is 4.06. The van der Waals surface area contributed by atoms with Crippen molar-refractivity contribution in [2.24, 2.45) is 11.3 Å². The number of para-hydroxylation sites is 1. The van der Waals surface area contributed by atoms with E-state index >= 15 is 0 Å². The first-order chi connectivity index (χ1) is 7.82. The van der Waals surface area contributed by atoms with Crippen molar-refractivity contribution in [3.8, 4) is 0 Å². The molecule has 1 aromatic carbocycles. The number of nitrogen functional groups attached to an aromatic ring is 1. The molecule has 2 heteroatoms. The molecule has 0 saturated heterocycles. The summed E-state index contributed by atoms with van der Waals surface area (Å²) in [6, 6.07) is 6.04. The molecular formula is C15H26N2. The molecule has 0 aromatic heterocycles. The van der Waals surface area contributed by atoms with E-state index in [-0.39, 0.29) is 0 Å². The van der Waals surface area contributed by atoms with E-state index in [0.717, 1.165) is 23.8 Å². The lowest BCUT2D eigenvalue weighted by molar-refractivity contribution is 0.306. The molecule has 0 bridgehead atoms. The van der Waals surface area contributed by atoms with Gasteiger partial charge in [-0.1, -0.05) is 39.8 Å². The third-order valence-corrected chi connectivity index (χ3v) is 3.01. The monoisotopic (exact) mass is 234 g/mol. The quantitative estimate of drug-likeness (QED) is 0.754. The number of anilines is 2. The standard InChI is InChI=1S/C15H26N2/c1-11(2)9-15(4,5)10-17-14-12(3)7-6-8-13(14)16/h6-8,11,17H,9-10,16H2,1-5H3. The van der Waals surface area contributed by atoms with Gasteiger partial charge in [-0.25, -0.2) is 0 Å². The van der Waals surface area contributed by atoms with Crippen molar-refractivity contribution in [1.82, 2.24) is 0 Å². The first kappa shape index (κ1) is 13.9. The molecule has 0 radical (unpaired) electrons. The number of rotatable bonds is 5. The number of hydrogen-bond donors (Lipinski definition) is 2. The normalized spacial score (nSPS) is 11.9.